The molecule has 0 aliphatic heterocycles. The van der Waals surface area contributed by atoms with Crippen molar-refractivity contribution >= 4 is 22.8 Å². The number of unbranched alkanes of at least 4 members (excludes halogenated alkanes) is 1. The molecule has 0 unspecified atom stereocenters. The Kier molecular flexibility index (Phi) is 6.52. The topological polar surface area (TPSA) is 53.4 Å². The van der Waals surface area contributed by atoms with E-state index in [9.17, 15) is 9.90 Å². The first-order chi connectivity index (χ1) is 11.5. The molecule has 2 aromatic rings. The van der Waals surface area contributed by atoms with E-state index in [-0.39, 0.29) is 6.61 Å². The van der Waals surface area contributed by atoms with Crippen molar-refractivity contribution in [1.29, 1.82) is 0 Å². The van der Waals surface area contributed by atoms with Crippen LogP contribution in [0.1, 0.15) is 53.1 Å². The molecule has 1 aromatic carbocycles. The number of aryl methyl sites for hydroxylation is 2. The molecule has 130 valence electrons. The van der Waals surface area contributed by atoms with Crippen LogP contribution in [0.2, 0.25) is 0 Å². The van der Waals surface area contributed by atoms with Crippen LogP contribution in [0.25, 0.3) is 11.3 Å². The summed E-state index contributed by atoms with van der Waals surface area (Å²) in [4.78, 5) is 19.3. The molecule has 0 saturated carbocycles. The zero-order valence-corrected chi connectivity index (χ0v) is 15.7. The van der Waals surface area contributed by atoms with Crippen LogP contribution in [-0.2, 0) is 6.61 Å². The molecular formula is C19H26N2O2S. The van der Waals surface area contributed by atoms with Gasteiger partial charge in [0, 0.05) is 18.7 Å². The lowest BCUT2D eigenvalue weighted by Gasteiger charge is -2.19. The number of thiazole rings is 1. The van der Waals surface area contributed by atoms with Gasteiger partial charge < -0.3 is 10.0 Å². The number of carbonyl (C=O) groups excluding carboxylic acids is 1. The van der Waals surface area contributed by atoms with E-state index >= 15 is 0 Å². The number of aliphatic hydroxyl groups excluding tert-OH is 1. The summed E-state index contributed by atoms with van der Waals surface area (Å²) >= 11 is 1.46. The number of hydrogen-bond donors (Lipinski definition) is 1. The van der Waals surface area contributed by atoms with Gasteiger partial charge in [-0.15, -0.1) is 0 Å². The minimum Gasteiger partial charge on any atom is -0.392 e. The Labute approximate surface area is 148 Å². The third kappa shape index (κ3) is 3.84. The second-order valence-corrected chi connectivity index (χ2v) is 7.03. The summed E-state index contributed by atoms with van der Waals surface area (Å²) in [7, 11) is 0. The molecule has 1 aromatic heterocycles. The first-order valence-electron chi connectivity index (χ1n) is 8.47. The number of nitrogens with zero attached hydrogens (tertiary/aromatic N) is 2. The highest BCUT2D eigenvalue weighted by Gasteiger charge is 2.19. The lowest BCUT2D eigenvalue weighted by molar-refractivity contribution is 0.112. The van der Waals surface area contributed by atoms with Gasteiger partial charge in [-0.2, -0.15) is 0 Å². The molecule has 24 heavy (non-hydrogen) atoms. The molecule has 0 atom stereocenters. The molecule has 0 saturated heterocycles. The van der Waals surface area contributed by atoms with Crippen LogP contribution in [0, 0.1) is 13.8 Å². The predicted octanol–water partition coefficient (Wildman–Crippen LogP) is 4.36. The van der Waals surface area contributed by atoms with Gasteiger partial charge in [-0.25, -0.2) is 4.98 Å². The number of aldehydes is 1. The predicted molar refractivity (Wildman–Crippen MR) is 101 cm³/mol. The lowest BCUT2D eigenvalue weighted by atomic mass is 9.96. The quantitative estimate of drug-likeness (QED) is 0.722. The van der Waals surface area contributed by atoms with Crippen LogP contribution in [0.5, 0.6) is 0 Å². The standard InChI is InChI=1S/C19H26N2O2S/c1-5-7-8-21(6-2)19-20-18(16(12-23)24-19)17-13(3)9-15(11-22)10-14(17)4/h9-10,12,22H,5-8,11H2,1-4H3. The van der Waals surface area contributed by atoms with Gasteiger partial charge in [-0.05, 0) is 43.9 Å². The maximum Gasteiger partial charge on any atom is 0.186 e. The highest BCUT2D eigenvalue weighted by molar-refractivity contribution is 7.17. The minimum absolute atomic E-state index is 0.0193. The summed E-state index contributed by atoms with van der Waals surface area (Å²) in [5.41, 5.74) is 4.73. The molecule has 0 radical (unpaired) electrons. The molecule has 0 aliphatic rings. The number of aliphatic hydroxyl groups is 1. The molecule has 0 amide bonds. The fourth-order valence-corrected chi connectivity index (χ4v) is 3.95. The van der Waals surface area contributed by atoms with Crippen molar-refractivity contribution in [2.45, 2.75) is 47.1 Å². The molecule has 1 N–H and O–H groups in total. The van der Waals surface area contributed by atoms with Crippen molar-refractivity contribution in [3.8, 4) is 11.3 Å². The number of hydrogen-bond acceptors (Lipinski definition) is 5. The van der Waals surface area contributed by atoms with E-state index < -0.39 is 0 Å². The van der Waals surface area contributed by atoms with Crippen molar-refractivity contribution in [3.63, 3.8) is 0 Å². The van der Waals surface area contributed by atoms with E-state index in [0.717, 1.165) is 65.3 Å². The largest absolute Gasteiger partial charge is 0.392 e. The number of anilines is 1. The normalized spacial score (nSPS) is 10.9. The Morgan fingerprint density at radius 1 is 1.25 bits per heavy atom. The Bertz CT molecular complexity index is 686. The Morgan fingerprint density at radius 3 is 2.42 bits per heavy atom. The van der Waals surface area contributed by atoms with Crippen molar-refractivity contribution in [3.05, 3.63) is 33.7 Å². The molecule has 1 heterocycles. The zero-order valence-electron chi connectivity index (χ0n) is 14.9. The van der Waals surface area contributed by atoms with Gasteiger partial charge in [0.05, 0.1) is 17.2 Å². The highest BCUT2D eigenvalue weighted by Crippen LogP contribution is 2.36. The Balaban J connectivity index is 2.50. The SMILES string of the molecule is CCCCN(CC)c1nc(-c2c(C)cc(CO)cc2C)c(C=O)s1. The van der Waals surface area contributed by atoms with E-state index in [0.29, 0.717) is 4.88 Å². The van der Waals surface area contributed by atoms with Crippen LogP contribution in [0.15, 0.2) is 12.1 Å². The molecule has 0 spiro atoms. The molecule has 2 rings (SSSR count). The fourth-order valence-electron chi connectivity index (χ4n) is 2.97. The van der Waals surface area contributed by atoms with Gasteiger partial charge in [-0.1, -0.05) is 36.8 Å². The maximum atomic E-state index is 11.6. The van der Waals surface area contributed by atoms with Gasteiger partial charge in [0.25, 0.3) is 0 Å². The van der Waals surface area contributed by atoms with E-state index in [2.05, 4.69) is 18.7 Å². The van der Waals surface area contributed by atoms with Gasteiger partial charge >= 0.3 is 0 Å². The van der Waals surface area contributed by atoms with Crippen molar-refractivity contribution in [2.24, 2.45) is 0 Å². The number of aromatic nitrogens is 1. The minimum atomic E-state index is 0.0193. The summed E-state index contributed by atoms with van der Waals surface area (Å²) < 4.78 is 0. The smallest absolute Gasteiger partial charge is 0.186 e. The van der Waals surface area contributed by atoms with Crippen molar-refractivity contribution in [2.75, 3.05) is 18.0 Å². The van der Waals surface area contributed by atoms with Crippen LogP contribution in [-0.4, -0.2) is 29.5 Å². The van der Waals surface area contributed by atoms with Crippen molar-refractivity contribution in [1.82, 2.24) is 4.98 Å². The van der Waals surface area contributed by atoms with Crippen molar-refractivity contribution < 1.29 is 9.90 Å². The van der Waals surface area contributed by atoms with Crippen LogP contribution in [0.4, 0.5) is 5.13 Å². The maximum absolute atomic E-state index is 11.6. The van der Waals surface area contributed by atoms with E-state index in [4.69, 9.17) is 4.98 Å². The first kappa shape index (κ1) is 18.6. The zero-order chi connectivity index (χ0) is 17.7. The van der Waals surface area contributed by atoms with Crippen LogP contribution >= 0.6 is 11.3 Å². The number of carbonyl (C=O) groups is 1. The second kappa shape index (κ2) is 8.40. The van der Waals surface area contributed by atoms with E-state index in [1.807, 2.05) is 26.0 Å². The van der Waals surface area contributed by atoms with Crippen LogP contribution < -0.4 is 4.90 Å². The number of rotatable bonds is 8. The van der Waals surface area contributed by atoms with Gasteiger partial charge in [0.1, 0.15) is 0 Å². The third-order valence-corrected chi connectivity index (χ3v) is 5.24. The molecule has 5 heteroatoms. The molecule has 0 fully saturated rings. The summed E-state index contributed by atoms with van der Waals surface area (Å²) in [6.45, 7) is 10.2. The molecule has 0 aliphatic carbocycles. The van der Waals surface area contributed by atoms with Gasteiger partial charge in [-0.3, -0.25) is 4.79 Å². The first-order valence-corrected chi connectivity index (χ1v) is 9.29. The molecule has 0 bridgehead atoms. The van der Waals surface area contributed by atoms with Crippen LogP contribution in [0.3, 0.4) is 0 Å². The van der Waals surface area contributed by atoms with Gasteiger partial charge in [0.15, 0.2) is 11.4 Å². The third-order valence-electron chi connectivity index (χ3n) is 4.19. The van der Waals surface area contributed by atoms with E-state index in [1.54, 1.807) is 0 Å². The highest BCUT2D eigenvalue weighted by atomic mass is 32.1. The average molecular weight is 346 g/mol. The second-order valence-electron chi connectivity index (χ2n) is 6.02. The molecule has 4 nitrogen and oxygen atoms in total. The molecular weight excluding hydrogens is 320 g/mol. The fraction of sp³-hybridized carbons (Fsp3) is 0.474. The Hall–Kier alpha value is -1.72. The van der Waals surface area contributed by atoms with E-state index in [1.165, 1.54) is 11.3 Å². The van der Waals surface area contributed by atoms with Gasteiger partial charge in [0.2, 0.25) is 0 Å². The summed E-state index contributed by atoms with van der Waals surface area (Å²) in [6, 6.07) is 3.93. The lowest BCUT2D eigenvalue weighted by Crippen LogP contribution is -2.23. The summed E-state index contributed by atoms with van der Waals surface area (Å²) in [6.07, 6.45) is 3.15. The average Bonchev–Trinajstić information content (AvgIpc) is 2.98. The summed E-state index contributed by atoms with van der Waals surface area (Å²) in [5, 5.41) is 10.3. The monoisotopic (exact) mass is 346 g/mol. The Morgan fingerprint density at radius 2 is 1.92 bits per heavy atom. The summed E-state index contributed by atoms with van der Waals surface area (Å²) in [5.74, 6) is 0. The number of benzene rings is 1.